The second-order valence-corrected chi connectivity index (χ2v) is 7.23. The van der Waals surface area contributed by atoms with Crippen molar-refractivity contribution < 1.29 is 14.3 Å². The molecule has 1 aromatic carbocycles. The van der Waals surface area contributed by atoms with Crippen LogP contribution >= 0.6 is 0 Å². The highest BCUT2D eigenvalue weighted by atomic mass is 16.6. The normalized spacial score (nSPS) is 11.2. The summed E-state index contributed by atoms with van der Waals surface area (Å²) < 4.78 is 5.20. The molecule has 133 valence electrons. The second kappa shape index (κ2) is 9.30. The molecule has 1 rings (SSSR count). The van der Waals surface area contributed by atoms with Crippen LogP contribution in [-0.4, -0.2) is 17.6 Å². The van der Waals surface area contributed by atoms with E-state index in [0.29, 0.717) is 19.0 Å². The van der Waals surface area contributed by atoms with Gasteiger partial charge in [0.2, 0.25) is 5.91 Å². The standard InChI is InChI=1S/C19H29N2O3/c1-14(2)9-10-17(22)20-12-15-7-6-8-16(11-15)13-21-18(23)24-19(3,4)5/h6-8,10-11,14H,9,12-13H2,1-5H3,(H,20,22)(H,21,23). The molecule has 0 aromatic heterocycles. The van der Waals surface area contributed by atoms with Crippen molar-refractivity contribution in [1.29, 1.82) is 0 Å². The zero-order valence-corrected chi connectivity index (χ0v) is 15.3. The largest absolute Gasteiger partial charge is 0.444 e. The topological polar surface area (TPSA) is 67.4 Å². The maximum Gasteiger partial charge on any atom is 0.407 e. The Kier molecular flexibility index (Phi) is 7.75. The van der Waals surface area contributed by atoms with Gasteiger partial charge in [0, 0.05) is 19.5 Å². The van der Waals surface area contributed by atoms with Crippen LogP contribution in [0.5, 0.6) is 0 Å². The smallest absolute Gasteiger partial charge is 0.407 e. The highest BCUT2D eigenvalue weighted by molar-refractivity contribution is 5.84. The van der Waals surface area contributed by atoms with Crippen molar-refractivity contribution in [3.63, 3.8) is 0 Å². The molecule has 2 amide bonds. The minimum Gasteiger partial charge on any atom is -0.444 e. The van der Waals surface area contributed by atoms with Crippen molar-refractivity contribution in [2.45, 2.75) is 59.7 Å². The van der Waals surface area contributed by atoms with Gasteiger partial charge < -0.3 is 15.4 Å². The number of alkyl carbamates (subject to hydrolysis) is 1. The number of rotatable bonds is 7. The monoisotopic (exact) mass is 333 g/mol. The molecule has 0 saturated carbocycles. The number of ether oxygens (including phenoxy) is 1. The van der Waals surface area contributed by atoms with Crippen LogP contribution in [0, 0.1) is 12.3 Å². The predicted molar refractivity (Wildman–Crippen MR) is 95.1 cm³/mol. The maximum atomic E-state index is 11.7. The van der Waals surface area contributed by atoms with Gasteiger partial charge in [-0.2, -0.15) is 0 Å². The van der Waals surface area contributed by atoms with E-state index in [2.05, 4.69) is 24.5 Å². The zero-order valence-electron chi connectivity index (χ0n) is 15.3. The van der Waals surface area contributed by atoms with Crippen LogP contribution in [0.4, 0.5) is 4.79 Å². The number of benzene rings is 1. The Labute approximate surface area is 145 Å². The number of hydrogen-bond donors (Lipinski definition) is 2. The van der Waals surface area contributed by atoms with Crippen LogP contribution < -0.4 is 10.6 Å². The summed E-state index contributed by atoms with van der Waals surface area (Å²) >= 11 is 0. The molecule has 24 heavy (non-hydrogen) atoms. The molecule has 0 aliphatic rings. The number of nitrogens with one attached hydrogen (secondary N) is 2. The van der Waals surface area contributed by atoms with E-state index >= 15 is 0 Å². The Bertz CT molecular complexity index is 548. The lowest BCUT2D eigenvalue weighted by Gasteiger charge is -2.19. The highest BCUT2D eigenvalue weighted by Gasteiger charge is 2.15. The van der Waals surface area contributed by atoms with E-state index in [0.717, 1.165) is 17.5 Å². The van der Waals surface area contributed by atoms with Crippen molar-refractivity contribution in [2.24, 2.45) is 5.92 Å². The van der Waals surface area contributed by atoms with E-state index in [1.165, 1.54) is 0 Å². The van der Waals surface area contributed by atoms with Gasteiger partial charge >= 0.3 is 6.09 Å². The van der Waals surface area contributed by atoms with Gasteiger partial charge in [0.25, 0.3) is 0 Å². The molecule has 0 heterocycles. The van der Waals surface area contributed by atoms with Crippen molar-refractivity contribution in [3.8, 4) is 0 Å². The Morgan fingerprint density at radius 3 is 2.25 bits per heavy atom. The van der Waals surface area contributed by atoms with Crippen LogP contribution in [0.1, 0.15) is 52.2 Å². The summed E-state index contributed by atoms with van der Waals surface area (Å²) in [6, 6.07) is 7.73. The van der Waals surface area contributed by atoms with Gasteiger partial charge in [0.1, 0.15) is 5.60 Å². The molecular formula is C19H29N2O3. The third kappa shape index (κ3) is 9.18. The molecule has 0 aliphatic heterocycles. The molecule has 5 nitrogen and oxygen atoms in total. The average molecular weight is 333 g/mol. The van der Waals surface area contributed by atoms with Gasteiger partial charge in [0.05, 0.1) is 0 Å². The molecule has 0 atom stereocenters. The molecule has 1 radical (unpaired) electrons. The number of amides is 2. The summed E-state index contributed by atoms with van der Waals surface area (Å²) in [5.74, 6) is 0.416. The van der Waals surface area contributed by atoms with Crippen LogP contribution in [-0.2, 0) is 22.6 Å². The lowest BCUT2D eigenvalue weighted by Crippen LogP contribution is -2.32. The zero-order chi connectivity index (χ0) is 18.2. The van der Waals surface area contributed by atoms with E-state index in [1.54, 1.807) is 6.42 Å². The molecule has 2 N–H and O–H groups in total. The van der Waals surface area contributed by atoms with Gasteiger partial charge in [-0.3, -0.25) is 4.79 Å². The Balaban J connectivity index is 2.43. The highest BCUT2D eigenvalue weighted by Crippen LogP contribution is 2.09. The van der Waals surface area contributed by atoms with Crippen molar-refractivity contribution in [2.75, 3.05) is 0 Å². The third-order valence-corrected chi connectivity index (χ3v) is 3.07. The minimum atomic E-state index is -0.511. The Morgan fingerprint density at radius 2 is 1.71 bits per heavy atom. The lowest BCUT2D eigenvalue weighted by atomic mass is 10.1. The van der Waals surface area contributed by atoms with Gasteiger partial charge in [0.15, 0.2) is 0 Å². The van der Waals surface area contributed by atoms with Crippen molar-refractivity contribution in [3.05, 3.63) is 41.8 Å². The first kappa shape index (κ1) is 20.0. The summed E-state index contributed by atoms with van der Waals surface area (Å²) in [7, 11) is 0. The molecule has 5 heteroatoms. The SMILES string of the molecule is CC(C)C[CH]C(=O)NCc1cccc(CNC(=O)OC(C)(C)C)c1. The first-order valence-electron chi connectivity index (χ1n) is 8.31. The third-order valence-electron chi connectivity index (χ3n) is 3.07. The minimum absolute atomic E-state index is 0.0546. The fraction of sp³-hybridized carbons (Fsp3) is 0.526. The summed E-state index contributed by atoms with van der Waals surface area (Å²) in [5, 5.41) is 5.60. The summed E-state index contributed by atoms with van der Waals surface area (Å²) in [6.07, 6.45) is 2.01. The van der Waals surface area contributed by atoms with Crippen LogP contribution in [0.3, 0.4) is 0 Å². The number of carbonyl (C=O) groups excluding carboxylic acids is 2. The fourth-order valence-electron chi connectivity index (χ4n) is 1.94. The molecular weight excluding hydrogens is 304 g/mol. The molecule has 0 fully saturated rings. The molecule has 0 saturated heterocycles. The summed E-state index contributed by atoms with van der Waals surface area (Å²) in [6.45, 7) is 10.5. The van der Waals surface area contributed by atoms with Crippen LogP contribution in [0.25, 0.3) is 0 Å². The van der Waals surface area contributed by atoms with Gasteiger partial charge in [-0.05, 0) is 44.2 Å². The van der Waals surface area contributed by atoms with Crippen LogP contribution in [0.15, 0.2) is 24.3 Å². The van der Waals surface area contributed by atoms with Gasteiger partial charge in [-0.15, -0.1) is 0 Å². The van der Waals surface area contributed by atoms with Crippen molar-refractivity contribution in [1.82, 2.24) is 10.6 Å². The average Bonchev–Trinajstić information content (AvgIpc) is 2.47. The first-order valence-corrected chi connectivity index (χ1v) is 8.31. The summed E-state index contributed by atoms with van der Waals surface area (Å²) in [4.78, 5) is 23.4. The van der Waals surface area contributed by atoms with E-state index in [-0.39, 0.29) is 5.91 Å². The predicted octanol–water partition coefficient (Wildman–Crippen LogP) is 3.58. The molecule has 0 aliphatic carbocycles. The van der Waals surface area contributed by atoms with E-state index in [4.69, 9.17) is 4.74 Å². The quantitative estimate of drug-likeness (QED) is 0.801. The second-order valence-electron chi connectivity index (χ2n) is 7.23. The molecule has 0 bridgehead atoms. The fourth-order valence-corrected chi connectivity index (χ4v) is 1.94. The van der Waals surface area contributed by atoms with Gasteiger partial charge in [-0.1, -0.05) is 38.1 Å². The molecule has 1 aromatic rings. The first-order chi connectivity index (χ1) is 11.2. The van der Waals surface area contributed by atoms with Crippen molar-refractivity contribution >= 4 is 12.0 Å². The van der Waals surface area contributed by atoms with Gasteiger partial charge in [-0.25, -0.2) is 4.79 Å². The van der Waals surface area contributed by atoms with E-state index in [9.17, 15) is 9.59 Å². The number of hydrogen-bond acceptors (Lipinski definition) is 3. The molecule has 0 unspecified atom stereocenters. The Hall–Kier alpha value is -2.04. The van der Waals surface area contributed by atoms with E-state index < -0.39 is 11.7 Å². The molecule has 0 spiro atoms. The summed E-state index contributed by atoms with van der Waals surface area (Å²) in [5.41, 5.74) is 1.44. The maximum absolute atomic E-state index is 11.7. The van der Waals surface area contributed by atoms with Crippen LogP contribution in [0.2, 0.25) is 0 Å². The van der Waals surface area contributed by atoms with E-state index in [1.807, 2.05) is 45.0 Å². The Morgan fingerprint density at radius 1 is 1.12 bits per heavy atom. The lowest BCUT2D eigenvalue weighted by molar-refractivity contribution is -0.118. The number of carbonyl (C=O) groups is 2.